The second-order valence-electron chi connectivity index (χ2n) is 4.22. The van der Waals surface area contributed by atoms with Crippen LogP contribution in [-0.2, 0) is 0 Å². The van der Waals surface area contributed by atoms with Crippen LogP contribution in [0.3, 0.4) is 0 Å². The van der Waals surface area contributed by atoms with Crippen molar-refractivity contribution in [1.82, 2.24) is 5.32 Å². The normalized spacial score (nSPS) is 17.9. The number of nitrogens with one attached hydrogen (secondary N) is 1. The first-order valence-corrected chi connectivity index (χ1v) is 5.82. The fourth-order valence-corrected chi connectivity index (χ4v) is 1.56. The van der Waals surface area contributed by atoms with Crippen molar-refractivity contribution >= 4 is 0 Å². The van der Waals surface area contributed by atoms with Crippen LogP contribution in [0.5, 0.6) is 11.5 Å². The third-order valence-electron chi connectivity index (χ3n) is 2.49. The minimum absolute atomic E-state index is 0.418. The molecule has 0 fully saturated rings. The number of rotatable bonds is 1. The maximum Gasteiger partial charge on any atom is 0.162 e. The Bertz CT molecular complexity index is 445. The van der Waals surface area contributed by atoms with Crippen LogP contribution >= 0.6 is 0 Å². The summed E-state index contributed by atoms with van der Waals surface area (Å²) in [6.45, 7) is 4.20. The number of benzene rings is 1. The van der Waals surface area contributed by atoms with Crippen molar-refractivity contribution in [1.29, 1.82) is 0 Å². The van der Waals surface area contributed by atoms with E-state index in [2.05, 4.69) is 24.1 Å². The van der Waals surface area contributed by atoms with E-state index < -0.39 is 0 Å². The van der Waals surface area contributed by atoms with Crippen LogP contribution in [0.25, 0.3) is 0 Å². The Labute approximate surface area is 102 Å². The molecule has 1 aliphatic rings. The van der Waals surface area contributed by atoms with E-state index in [1.165, 1.54) is 0 Å². The van der Waals surface area contributed by atoms with Crippen molar-refractivity contribution in [3.05, 3.63) is 23.8 Å². The van der Waals surface area contributed by atoms with Crippen LogP contribution in [0.15, 0.2) is 18.2 Å². The molecular formula is C14H17NO2. The average Bonchev–Trinajstić information content (AvgIpc) is 2.52. The van der Waals surface area contributed by atoms with E-state index >= 15 is 0 Å². The van der Waals surface area contributed by atoms with Gasteiger partial charge in [-0.15, -0.1) is 0 Å². The number of hydrogen-bond acceptors (Lipinski definition) is 3. The topological polar surface area (TPSA) is 30.5 Å². The summed E-state index contributed by atoms with van der Waals surface area (Å²) in [4.78, 5) is 0. The lowest BCUT2D eigenvalue weighted by Gasteiger charge is -2.06. The monoisotopic (exact) mass is 231 g/mol. The molecule has 1 atom stereocenters. The van der Waals surface area contributed by atoms with E-state index in [0.717, 1.165) is 17.1 Å². The third kappa shape index (κ3) is 3.15. The lowest BCUT2D eigenvalue weighted by molar-refractivity contribution is 0.228. The second-order valence-corrected chi connectivity index (χ2v) is 4.22. The number of hydrogen-bond donors (Lipinski definition) is 1. The summed E-state index contributed by atoms with van der Waals surface area (Å²) in [5.74, 6) is 8.13. The average molecular weight is 231 g/mol. The molecule has 0 saturated carbocycles. The third-order valence-corrected chi connectivity index (χ3v) is 2.49. The highest BCUT2D eigenvalue weighted by Gasteiger charge is 2.14. The highest BCUT2D eigenvalue weighted by molar-refractivity contribution is 5.48. The summed E-state index contributed by atoms with van der Waals surface area (Å²) in [7, 11) is 1.88. The molecule has 0 aliphatic carbocycles. The molecule has 1 aromatic carbocycles. The molecule has 2 rings (SSSR count). The largest absolute Gasteiger partial charge is 0.489 e. The predicted molar refractivity (Wildman–Crippen MR) is 67.4 cm³/mol. The number of fused-ring (bicyclic) bond motifs is 1. The van der Waals surface area contributed by atoms with Gasteiger partial charge in [-0.3, -0.25) is 0 Å². The molecule has 1 unspecified atom stereocenters. The van der Waals surface area contributed by atoms with Crippen LogP contribution in [-0.4, -0.2) is 26.8 Å². The van der Waals surface area contributed by atoms with E-state index in [4.69, 9.17) is 9.47 Å². The van der Waals surface area contributed by atoms with Crippen LogP contribution in [0, 0.1) is 17.8 Å². The van der Waals surface area contributed by atoms with Crippen LogP contribution < -0.4 is 14.8 Å². The molecule has 0 saturated heterocycles. The van der Waals surface area contributed by atoms with E-state index in [9.17, 15) is 0 Å². The summed E-state index contributed by atoms with van der Waals surface area (Å²) in [5, 5.41) is 2.99. The Morgan fingerprint density at radius 2 is 2.06 bits per heavy atom. The molecule has 3 nitrogen and oxygen atoms in total. The summed E-state index contributed by atoms with van der Waals surface area (Å²) in [5.41, 5.74) is 0.956. The second kappa shape index (κ2) is 5.60. The Morgan fingerprint density at radius 3 is 2.82 bits per heavy atom. The molecule has 0 aromatic heterocycles. The minimum Gasteiger partial charge on any atom is -0.489 e. The fourth-order valence-electron chi connectivity index (χ4n) is 1.56. The predicted octanol–water partition coefficient (Wildman–Crippen LogP) is 1.66. The molecule has 90 valence electrons. The highest BCUT2D eigenvalue weighted by atomic mass is 16.5. The van der Waals surface area contributed by atoms with Crippen molar-refractivity contribution in [2.75, 3.05) is 26.8 Å². The van der Waals surface area contributed by atoms with Crippen molar-refractivity contribution < 1.29 is 9.47 Å². The molecule has 1 heterocycles. The Hall–Kier alpha value is -1.66. The van der Waals surface area contributed by atoms with Crippen molar-refractivity contribution in [3.63, 3.8) is 0 Å². The number of ether oxygens (including phenoxy) is 2. The SMILES string of the molecule is CNCC#Cc1ccc2c(c1)OCC(C)CO2. The van der Waals surface area contributed by atoms with Gasteiger partial charge in [0.25, 0.3) is 0 Å². The van der Waals surface area contributed by atoms with E-state index in [0.29, 0.717) is 25.7 Å². The summed E-state index contributed by atoms with van der Waals surface area (Å²) in [6, 6.07) is 5.83. The van der Waals surface area contributed by atoms with E-state index in [1.54, 1.807) is 0 Å². The molecule has 3 heteroatoms. The van der Waals surface area contributed by atoms with Crippen LogP contribution in [0.2, 0.25) is 0 Å². The Kier molecular flexibility index (Phi) is 3.89. The quantitative estimate of drug-likeness (QED) is 0.746. The van der Waals surface area contributed by atoms with E-state index in [1.807, 2.05) is 25.2 Å². The first-order valence-electron chi connectivity index (χ1n) is 5.82. The molecule has 0 bridgehead atoms. The Balaban J connectivity index is 2.17. The van der Waals surface area contributed by atoms with E-state index in [-0.39, 0.29) is 0 Å². The van der Waals surface area contributed by atoms with Gasteiger partial charge in [-0.1, -0.05) is 18.8 Å². The van der Waals surface area contributed by atoms with Crippen molar-refractivity contribution in [2.24, 2.45) is 5.92 Å². The first-order chi connectivity index (χ1) is 8.29. The van der Waals surface area contributed by atoms with Gasteiger partial charge in [0.15, 0.2) is 11.5 Å². The zero-order valence-corrected chi connectivity index (χ0v) is 10.2. The van der Waals surface area contributed by atoms with Crippen LogP contribution in [0.1, 0.15) is 12.5 Å². The molecule has 0 amide bonds. The maximum atomic E-state index is 5.70. The molecule has 1 aliphatic heterocycles. The van der Waals surface area contributed by atoms with Crippen molar-refractivity contribution in [2.45, 2.75) is 6.92 Å². The highest BCUT2D eigenvalue weighted by Crippen LogP contribution is 2.30. The zero-order chi connectivity index (χ0) is 12.1. The van der Waals surface area contributed by atoms with Gasteiger partial charge >= 0.3 is 0 Å². The fraction of sp³-hybridized carbons (Fsp3) is 0.429. The smallest absolute Gasteiger partial charge is 0.162 e. The lowest BCUT2D eigenvalue weighted by Crippen LogP contribution is -2.12. The molecule has 0 spiro atoms. The van der Waals surface area contributed by atoms with Gasteiger partial charge in [-0.25, -0.2) is 0 Å². The summed E-state index contributed by atoms with van der Waals surface area (Å²) >= 11 is 0. The summed E-state index contributed by atoms with van der Waals surface area (Å²) < 4.78 is 11.4. The van der Waals surface area contributed by atoms with Gasteiger partial charge in [-0.05, 0) is 25.2 Å². The van der Waals surface area contributed by atoms with Gasteiger partial charge in [-0.2, -0.15) is 0 Å². The van der Waals surface area contributed by atoms with Gasteiger partial charge in [0.2, 0.25) is 0 Å². The van der Waals surface area contributed by atoms with Gasteiger partial charge in [0.1, 0.15) is 0 Å². The molecular weight excluding hydrogens is 214 g/mol. The van der Waals surface area contributed by atoms with Gasteiger partial charge < -0.3 is 14.8 Å². The molecule has 17 heavy (non-hydrogen) atoms. The van der Waals surface area contributed by atoms with Crippen molar-refractivity contribution in [3.8, 4) is 23.3 Å². The molecule has 0 radical (unpaired) electrons. The zero-order valence-electron chi connectivity index (χ0n) is 10.2. The summed E-state index contributed by atoms with van der Waals surface area (Å²) in [6.07, 6.45) is 0. The standard InChI is InChI=1S/C14H17NO2/c1-11-9-16-13-6-5-12(4-3-7-15-2)8-14(13)17-10-11/h5-6,8,11,15H,7,9-10H2,1-2H3. The first kappa shape index (κ1) is 11.8. The maximum absolute atomic E-state index is 5.70. The molecule has 1 N–H and O–H groups in total. The van der Waals surface area contributed by atoms with Crippen LogP contribution in [0.4, 0.5) is 0 Å². The minimum atomic E-state index is 0.418. The lowest BCUT2D eigenvalue weighted by atomic mass is 10.2. The molecule has 1 aromatic rings. The van der Waals surface area contributed by atoms with Gasteiger partial charge in [0, 0.05) is 11.5 Å². The van der Waals surface area contributed by atoms with Gasteiger partial charge in [0.05, 0.1) is 19.8 Å². The Morgan fingerprint density at radius 1 is 1.29 bits per heavy atom.